The molecule has 0 aromatic heterocycles. The largest absolute Gasteiger partial charge is 0.330 e. The molecule has 1 rings (SSSR count). The van der Waals surface area contributed by atoms with Crippen molar-refractivity contribution in [1.82, 2.24) is 0 Å². The average Bonchev–Trinajstić information content (AvgIpc) is 2.31. The lowest BCUT2D eigenvalue weighted by atomic mass is 9.92. The van der Waals surface area contributed by atoms with Crippen molar-refractivity contribution >= 4 is 0 Å². The van der Waals surface area contributed by atoms with Gasteiger partial charge in [0.1, 0.15) is 0 Å². The predicted octanol–water partition coefficient (Wildman–Crippen LogP) is 3.48. The van der Waals surface area contributed by atoms with E-state index in [1.807, 2.05) is 6.07 Å². The first-order valence-corrected chi connectivity index (χ1v) is 5.69. The van der Waals surface area contributed by atoms with E-state index in [9.17, 15) is 0 Å². The van der Waals surface area contributed by atoms with Crippen LogP contribution in [0.3, 0.4) is 0 Å². The first-order chi connectivity index (χ1) is 7.27. The van der Waals surface area contributed by atoms with Crippen molar-refractivity contribution in [3.8, 4) is 0 Å². The van der Waals surface area contributed by atoms with Crippen molar-refractivity contribution < 1.29 is 0 Å². The van der Waals surface area contributed by atoms with E-state index in [1.165, 1.54) is 11.1 Å². The molecule has 82 valence electrons. The fourth-order valence-corrected chi connectivity index (χ4v) is 1.70. The minimum absolute atomic E-state index is 0.481. The first kappa shape index (κ1) is 12.0. The number of benzene rings is 1. The van der Waals surface area contributed by atoms with Gasteiger partial charge in [-0.15, -0.1) is 0 Å². The van der Waals surface area contributed by atoms with Gasteiger partial charge in [0, 0.05) is 0 Å². The molecule has 1 unspecified atom stereocenters. The van der Waals surface area contributed by atoms with Gasteiger partial charge in [-0.1, -0.05) is 49.4 Å². The van der Waals surface area contributed by atoms with Crippen molar-refractivity contribution in [2.45, 2.75) is 32.1 Å². The molecule has 0 fully saturated rings. The molecular weight excluding hydrogens is 182 g/mol. The van der Waals surface area contributed by atoms with Crippen LogP contribution in [0.2, 0.25) is 0 Å². The normalized spacial score (nSPS) is 12.4. The summed E-state index contributed by atoms with van der Waals surface area (Å²) in [4.78, 5) is 0. The minimum Gasteiger partial charge on any atom is -0.330 e. The average molecular weight is 203 g/mol. The Labute approximate surface area is 93.0 Å². The molecule has 0 saturated carbocycles. The molecule has 0 aliphatic rings. The maximum atomic E-state index is 5.80. The molecule has 0 aliphatic carbocycles. The van der Waals surface area contributed by atoms with Crippen molar-refractivity contribution in [3.05, 3.63) is 48.0 Å². The third kappa shape index (κ3) is 3.88. The van der Waals surface area contributed by atoms with Crippen molar-refractivity contribution in [1.29, 1.82) is 0 Å². The third-order valence-electron chi connectivity index (χ3n) is 2.90. The van der Waals surface area contributed by atoms with E-state index in [2.05, 4.69) is 37.8 Å². The minimum atomic E-state index is 0.481. The molecule has 0 spiro atoms. The van der Waals surface area contributed by atoms with E-state index in [1.54, 1.807) is 0 Å². The highest BCUT2D eigenvalue weighted by Crippen LogP contribution is 2.22. The Balaban J connectivity index is 2.53. The molecule has 1 aromatic carbocycles. The van der Waals surface area contributed by atoms with Crippen molar-refractivity contribution in [2.24, 2.45) is 5.73 Å². The van der Waals surface area contributed by atoms with E-state index in [0.29, 0.717) is 5.92 Å². The summed E-state index contributed by atoms with van der Waals surface area (Å²) in [5.41, 5.74) is 8.48. The quantitative estimate of drug-likeness (QED) is 0.704. The van der Waals surface area contributed by atoms with Gasteiger partial charge in [0.15, 0.2) is 0 Å². The van der Waals surface area contributed by atoms with Gasteiger partial charge in [0.05, 0.1) is 0 Å². The molecule has 0 aliphatic heterocycles. The van der Waals surface area contributed by atoms with Gasteiger partial charge in [-0.2, -0.15) is 0 Å². The molecule has 0 saturated heterocycles. The summed E-state index contributed by atoms with van der Waals surface area (Å²) in [5.74, 6) is 0.481. The van der Waals surface area contributed by atoms with Gasteiger partial charge in [0.2, 0.25) is 0 Å². The summed E-state index contributed by atoms with van der Waals surface area (Å²) >= 11 is 0. The molecule has 0 bridgehead atoms. The predicted molar refractivity (Wildman–Crippen MR) is 66.9 cm³/mol. The lowest BCUT2D eigenvalue weighted by Crippen LogP contribution is -2.12. The summed E-state index contributed by atoms with van der Waals surface area (Å²) < 4.78 is 0. The molecule has 0 amide bonds. The fraction of sp³-hybridized carbons (Fsp3) is 0.429. The van der Waals surface area contributed by atoms with Crippen LogP contribution in [0.4, 0.5) is 0 Å². The lowest BCUT2D eigenvalue weighted by Gasteiger charge is -2.15. The molecule has 0 radical (unpaired) electrons. The zero-order chi connectivity index (χ0) is 11.1. The van der Waals surface area contributed by atoms with Crippen LogP contribution >= 0.6 is 0 Å². The maximum Gasteiger partial charge on any atom is -0.000812 e. The number of nitrogens with two attached hydrogens (primary N) is 1. The van der Waals surface area contributed by atoms with Crippen LogP contribution < -0.4 is 5.73 Å². The van der Waals surface area contributed by atoms with Gasteiger partial charge in [0.25, 0.3) is 0 Å². The standard InChI is InChI=1S/C14H21N/c1-3-12(2)9-10-14(11-15)13-7-5-4-6-8-13/h4-8,14H,2-3,9-11,15H2,1H3. The Kier molecular flexibility index (Phi) is 5.13. The van der Waals surface area contributed by atoms with E-state index in [0.717, 1.165) is 25.8 Å². The third-order valence-corrected chi connectivity index (χ3v) is 2.90. The Bertz CT molecular complexity index is 289. The maximum absolute atomic E-state index is 5.80. The molecule has 0 heterocycles. The number of rotatable bonds is 6. The topological polar surface area (TPSA) is 26.0 Å². The molecule has 15 heavy (non-hydrogen) atoms. The molecule has 1 atom stereocenters. The van der Waals surface area contributed by atoms with Gasteiger partial charge in [-0.25, -0.2) is 0 Å². The van der Waals surface area contributed by atoms with Gasteiger partial charge in [-0.05, 0) is 37.3 Å². The Hall–Kier alpha value is -1.08. The molecule has 2 N–H and O–H groups in total. The van der Waals surface area contributed by atoms with Crippen LogP contribution in [-0.4, -0.2) is 6.54 Å². The summed E-state index contributed by atoms with van der Waals surface area (Å²) in [6.07, 6.45) is 3.28. The summed E-state index contributed by atoms with van der Waals surface area (Å²) in [7, 11) is 0. The summed E-state index contributed by atoms with van der Waals surface area (Å²) in [6.45, 7) is 6.91. The van der Waals surface area contributed by atoms with Crippen molar-refractivity contribution in [2.75, 3.05) is 6.54 Å². The van der Waals surface area contributed by atoms with Crippen LogP contribution in [0.1, 0.15) is 37.7 Å². The van der Waals surface area contributed by atoms with Gasteiger partial charge in [-0.3, -0.25) is 0 Å². The fourth-order valence-electron chi connectivity index (χ4n) is 1.70. The zero-order valence-corrected chi connectivity index (χ0v) is 9.58. The second-order valence-electron chi connectivity index (χ2n) is 3.99. The highest BCUT2D eigenvalue weighted by atomic mass is 14.5. The number of hydrogen-bond donors (Lipinski definition) is 1. The smallest absolute Gasteiger partial charge is 0.000812 e. The Morgan fingerprint density at radius 1 is 1.33 bits per heavy atom. The van der Waals surface area contributed by atoms with Gasteiger partial charge >= 0.3 is 0 Å². The lowest BCUT2D eigenvalue weighted by molar-refractivity contribution is 0.626. The highest BCUT2D eigenvalue weighted by molar-refractivity contribution is 5.20. The second-order valence-corrected chi connectivity index (χ2v) is 3.99. The summed E-state index contributed by atoms with van der Waals surface area (Å²) in [5, 5.41) is 0. The van der Waals surface area contributed by atoms with Crippen LogP contribution in [0.25, 0.3) is 0 Å². The second kappa shape index (κ2) is 6.41. The number of allylic oxidation sites excluding steroid dienone is 1. The van der Waals surface area contributed by atoms with E-state index in [-0.39, 0.29) is 0 Å². The van der Waals surface area contributed by atoms with Crippen LogP contribution in [0.5, 0.6) is 0 Å². The molecule has 1 heteroatoms. The highest BCUT2D eigenvalue weighted by Gasteiger charge is 2.08. The van der Waals surface area contributed by atoms with Crippen LogP contribution in [0.15, 0.2) is 42.5 Å². The molecule has 1 nitrogen and oxygen atoms in total. The monoisotopic (exact) mass is 203 g/mol. The van der Waals surface area contributed by atoms with E-state index in [4.69, 9.17) is 5.73 Å². The van der Waals surface area contributed by atoms with Crippen molar-refractivity contribution in [3.63, 3.8) is 0 Å². The summed E-state index contributed by atoms with van der Waals surface area (Å²) in [6, 6.07) is 10.5. The first-order valence-electron chi connectivity index (χ1n) is 5.69. The van der Waals surface area contributed by atoms with Crippen LogP contribution in [-0.2, 0) is 0 Å². The SMILES string of the molecule is C=C(CC)CCC(CN)c1ccccc1. The number of hydrogen-bond acceptors (Lipinski definition) is 1. The van der Waals surface area contributed by atoms with Gasteiger partial charge < -0.3 is 5.73 Å². The molecule has 1 aromatic rings. The Morgan fingerprint density at radius 2 is 2.00 bits per heavy atom. The molecular formula is C14H21N. The Morgan fingerprint density at radius 3 is 2.53 bits per heavy atom. The van der Waals surface area contributed by atoms with E-state index >= 15 is 0 Å². The zero-order valence-electron chi connectivity index (χ0n) is 9.58. The van der Waals surface area contributed by atoms with Crippen LogP contribution in [0, 0.1) is 0 Å². The van der Waals surface area contributed by atoms with E-state index < -0.39 is 0 Å².